The molecule has 0 radical (unpaired) electrons. The minimum Gasteiger partial charge on any atom is -0.395 e. The molecule has 1 aromatic rings. The Morgan fingerprint density at radius 1 is 1.57 bits per heavy atom. The summed E-state index contributed by atoms with van der Waals surface area (Å²) in [5.74, 6) is -0.594. The number of nitrogens with zero attached hydrogens (tertiary/aromatic N) is 2. The minimum absolute atomic E-state index is 0.0713. The van der Waals surface area contributed by atoms with Crippen LogP contribution in [0.3, 0.4) is 0 Å². The lowest BCUT2D eigenvalue weighted by molar-refractivity contribution is -0.0109. The van der Waals surface area contributed by atoms with Crippen LogP contribution in [-0.4, -0.2) is 73.4 Å². The van der Waals surface area contributed by atoms with Crippen LogP contribution in [0.1, 0.15) is 10.4 Å². The average molecular weight is 296 g/mol. The van der Waals surface area contributed by atoms with Crippen LogP contribution in [0.5, 0.6) is 0 Å². The first-order chi connectivity index (χ1) is 10.1. The van der Waals surface area contributed by atoms with Gasteiger partial charge in [0, 0.05) is 25.2 Å². The highest BCUT2D eigenvalue weighted by molar-refractivity contribution is 5.94. The van der Waals surface area contributed by atoms with E-state index < -0.39 is 5.82 Å². The number of amides is 1. The molecule has 5 nitrogen and oxygen atoms in total. The molecular formula is C15H21FN2O3. The molecule has 1 saturated heterocycles. The van der Waals surface area contributed by atoms with Crippen molar-refractivity contribution in [3.05, 3.63) is 35.6 Å². The van der Waals surface area contributed by atoms with Gasteiger partial charge in [-0.15, -0.1) is 0 Å². The number of carbonyl (C=O) groups excluding carboxylic acids is 1. The summed E-state index contributed by atoms with van der Waals surface area (Å²) in [6.45, 7) is 2.66. The molecule has 1 heterocycles. The van der Waals surface area contributed by atoms with E-state index in [4.69, 9.17) is 9.84 Å². The molecule has 1 aliphatic rings. The maximum atomic E-state index is 13.3. The predicted molar refractivity (Wildman–Crippen MR) is 76.6 cm³/mol. The van der Waals surface area contributed by atoms with E-state index in [9.17, 15) is 9.18 Å². The molecule has 1 aliphatic heterocycles. The molecule has 0 bridgehead atoms. The fourth-order valence-electron chi connectivity index (χ4n) is 2.48. The van der Waals surface area contributed by atoms with E-state index in [1.807, 2.05) is 11.9 Å². The van der Waals surface area contributed by atoms with Crippen molar-refractivity contribution in [2.45, 2.75) is 6.04 Å². The monoisotopic (exact) mass is 296 g/mol. The molecule has 116 valence electrons. The molecule has 1 fully saturated rings. The lowest BCUT2D eigenvalue weighted by atomic mass is 10.1. The number of halogens is 1. The van der Waals surface area contributed by atoms with Gasteiger partial charge in [0.1, 0.15) is 5.82 Å². The van der Waals surface area contributed by atoms with Crippen molar-refractivity contribution in [3.63, 3.8) is 0 Å². The number of ether oxygens (including phenoxy) is 1. The summed E-state index contributed by atoms with van der Waals surface area (Å²) in [4.78, 5) is 16.2. The number of benzene rings is 1. The molecule has 6 heteroatoms. The van der Waals surface area contributed by atoms with Crippen LogP contribution < -0.4 is 0 Å². The lowest BCUT2D eigenvalue weighted by Gasteiger charge is -2.37. The van der Waals surface area contributed by atoms with Gasteiger partial charge in [0.2, 0.25) is 0 Å². The molecule has 0 aliphatic carbocycles. The highest BCUT2D eigenvalue weighted by Crippen LogP contribution is 2.14. The summed E-state index contributed by atoms with van der Waals surface area (Å²) in [6.07, 6.45) is 0. The SMILES string of the molecule is CN(CCO)CC1COCCN1C(=O)c1cccc(F)c1. The third-order valence-corrected chi connectivity index (χ3v) is 3.56. The quantitative estimate of drug-likeness (QED) is 0.864. The third kappa shape index (κ3) is 4.23. The maximum Gasteiger partial charge on any atom is 0.254 e. The molecule has 2 rings (SSSR count). The van der Waals surface area contributed by atoms with E-state index >= 15 is 0 Å². The number of aliphatic hydroxyl groups is 1. The van der Waals surface area contributed by atoms with Gasteiger partial charge in [-0.2, -0.15) is 0 Å². The van der Waals surface area contributed by atoms with E-state index in [1.165, 1.54) is 18.2 Å². The second-order valence-electron chi connectivity index (χ2n) is 5.22. The molecule has 0 saturated carbocycles. The molecule has 1 aromatic carbocycles. The van der Waals surface area contributed by atoms with Gasteiger partial charge in [0.05, 0.1) is 25.9 Å². The Labute approximate surface area is 123 Å². The van der Waals surface area contributed by atoms with Gasteiger partial charge in [-0.3, -0.25) is 4.79 Å². The molecule has 0 aromatic heterocycles. The van der Waals surface area contributed by atoms with E-state index in [0.29, 0.717) is 38.4 Å². The van der Waals surface area contributed by atoms with Gasteiger partial charge in [0.25, 0.3) is 5.91 Å². The first-order valence-corrected chi connectivity index (χ1v) is 7.05. The molecular weight excluding hydrogens is 275 g/mol. The van der Waals surface area contributed by atoms with Crippen molar-refractivity contribution in [1.82, 2.24) is 9.80 Å². The Bertz CT molecular complexity index is 484. The van der Waals surface area contributed by atoms with Gasteiger partial charge < -0.3 is 19.6 Å². The smallest absolute Gasteiger partial charge is 0.254 e. The van der Waals surface area contributed by atoms with E-state index in [0.717, 1.165) is 0 Å². The van der Waals surface area contributed by atoms with Gasteiger partial charge in [-0.1, -0.05) is 6.07 Å². The van der Waals surface area contributed by atoms with Gasteiger partial charge in [-0.25, -0.2) is 4.39 Å². The van der Waals surface area contributed by atoms with Crippen LogP contribution in [0.2, 0.25) is 0 Å². The summed E-state index contributed by atoms with van der Waals surface area (Å²) in [6, 6.07) is 5.64. The van der Waals surface area contributed by atoms with Crippen molar-refractivity contribution in [2.24, 2.45) is 0 Å². The third-order valence-electron chi connectivity index (χ3n) is 3.56. The summed E-state index contributed by atoms with van der Waals surface area (Å²) < 4.78 is 18.7. The van der Waals surface area contributed by atoms with Crippen LogP contribution >= 0.6 is 0 Å². The highest BCUT2D eigenvalue weighted by atomic mass is 19.1. The van der Waals surface area contributed by atoms with E-state index in [-0.39, 0.29) is 18.6 Å². The van der Waals surface area contributed by atoms with Gasteiger partial charge in [-0.05, 0) is 25.2 Å². The number of rotatable bonds is 5. The van der Waals surface area contributed by atoms with Crippen LogP contribution in [-0.2, 0) is 4.74 Å². The van der Waals surface area contributed by atoms with Crippen molar-refractivity contribution < 1.29 is 19.0 Å². The van der Waals surface area contributed by atoms with E-state index in [1.54, 1.807) is 11.0 Å². The van der Waals surface area contributed by atoms with E-state index in [2.05, 4.69) is 0 Å². The highest BCUT2D eigenvalue weighted by Gasteiger charge is 2.29. The molecule has 1 atom stereocenters. The Hall–Kier alpha value is -1.50. The number of carbonyl (C=O) groups is 1. The summed E-state index contributed by atoms with van der Waals surface area (Å²) in [5.41, 5.74) is 0.353. The Kier molecular flexibility index (Phi) is 5.67. The standard InChI is InChI=1S/C15H21FN2O3/c1-17(5-7-19)10-14-11-21-8-6-18(14)15(20)12-3-2-4-13(16)9-12/h2-4,9,14,19H,5-8,10-11H2,1H3. The van der Waals surface area contributed by atoms with Crippen LogP contribution in [0, 0.1) is 5.82 Å². The number of morpholine rings is 1. The second kappa shape index (κ2) is 7.49. The zero-order chi connectivity index (χ0) is 15.2. The van der Waals surface area contributed by atoms with Crippen molar-refractivity contribution in [1.29, 1.82) is 0 Å². The van der Waals surface area contributed by atoms with Crippen molar-refractivity contribution in [2.75, 3.05) is 46.5 Å². The van der Waals surface area contributed by atoms with Gasteiger partial charge in [0.15, 0.2) is 0 Å². The van der Waals surface area contributed by atoms with Crippen LogP contribution in [0.4, 0.5) is 4.39 Å². The molecule has 0 spiro atoms. The first-order valence-electron chi connectivity index (χ1n) is 7.05. The fourth-order valence-corrected chi connectivity index (χ4v) is 2.48. The zero-order valence-electron chi connectivity index (χ0n) is 12.2. The zero-order valence-corrected chi connectivity index (χ0v) is 12.2. The fraction of sp³-hybridized carbons (Fsp3) is 0.533. The molecule has 1 amide bonds. The summed E-state index contributed by atoms with van der Waals surface area (Å²) in [7, 11) is 1.88. The van der Waals surface area contributed by atoms with Gasteiger partial charge >= 0.3 is 0 Å². The molecule has 21 heavy (non-hydrogen) atoms. The number of hydrogen-bond acceptors (Lipinski definition) is 4. The van der Waals surface area contributed by atoms with Crippen LogP contribution in [0.15, 0.2) is 24.3 Å². The molecule has 1 N–H and O–H groups in total. The second-order valence-corrected chi connectivity index (χ2v) is 5.22. The largest absolute Gasteiger partial charge is 0.395 e. The van der Waals surface area contributed by atoms with Crippen LogP contribution in [0.25, 0.3) is 0 Å². The minimum atomic E-state index is -0.414. The Balaban J connectivity index is 2.09. The number of hydrogen-bond donors (Lipinski definition) is 1. The lowest BCUT2D eigenvalue weighted by Crippen LogP contribution is -2.53. The average Bonchev–Trinajstić information content (AvgIpc) is 2.47. The maximum absolute atomic E-state index is 13.3. The number of aliphatic hydroxyl groups excluding tert-OH is 1. The van der Waals surface area contributed by atoms with Crippen molar-refractivity contribution in [3.8, 4) is 0 Å². The topological polar surface area (TPSA) is 53.0 Å². The summed E-state index contributed by atoms with van der Waals surface area (Å²) >= 11 is 0. The summed E-state index contributed by atoms with van der Waals surface area (Å²) in [5, 5.41) is 8.95. The van der Waals surface area contributed by atoms with Crippen molar-refractivity contribution >= 4 is 5.91 Å². The normalized spacial score (nSPS) is 19.0. The predicted octanol–water partition coefficient (Wildman–Crippen LogP) is 0.591. The molecule has 1 unspecified atom stereocenters. The number of likely N-dealkylation sites (N-methyl/N-ethyl adjacent to an activating group) is 1. The first kappa shape index (κ1) is 15.9. The Morgan fingerprint density at radius 3 is 3.10 bits per heavy atom. The Morgan fingerprint density at radius 2 is 2.38 bits per heavy atom.